The van der Waals surface area contributed by atoms with Gasteiger partial charge in [-0.3, -0.25) is 4.79 Å². The molecule has 0 unspecified atom stereocenters. The Hall–Kier alpha value is -2.13. The Morgan fingerprint density at radius 3 is 2.38 bits per heavy atom. The number of methoxy groups -OCH3 is 2. The number of pyridine rings is 1. The second kappa shape index (κ2) is 6.55. The monoisotopic (exact) mass is 315 g/mol. The van der Waals surface area contributed by atoms with Crippen LogP contribution in [0.5, 0.6) is 11.6 Å². The number of aromatic nitrogens is 1. The molecule has 0 aliphatic carbocycles. The molecular weight excluding hydrogens is 305 g/mol. The standard InChI is InChI=1S/C11H10F5NO4/c1-19-6-3-5(4-7(18)20-2)9(21-11(14,15)16)8(17-6)10(12)13/h3,10H,4H2,1-2H3. The highest BCUT2D eigenvalue weighted by Gasteiger charge is 2.36. The van der Waals surface area contributed by atoms with E-state index in [-0.39, 0.29) is 5.88 Å². The van der Waals surface area contributed by atoms with Crippen molar-refractivity contribution < 1.29 is 41.0 Å². The molecule has 0 N–H and O–H groups in total. The van der Waals surface area contributed by atoms with Gasteiger partial charge in [0.05, 0.1) is 20.6 Å². The Balaban J connectivity index is 3.40. The summed E-state index contributed by atoms with van der Waals surface area (Å²) in [5.41, 5.74) is -1.74. The van der Waals surface area contributed by atoms with E-state index in [9.17, 15) is 26.7 Å². The number of ether oxygens (including phenoxy) is 3. The van der Waals surface area contributed by atoms with Crippen LogP contribution in [0.4, 0.5) is 22.0 Å². The predicted molar refractivity (Wildman–Crippen MR) is 58.1 cm³/mol. The van der Waals surface area contributed by atoms with E-state index in [2.05, 4.69) is 19.2 Å². The zero-order valence-electron chi connectivity index (χ0n) is 10.8. The molecule has 5 nitrogen and oxygen atoms in total. The van der Waals surface area contributed by atoms with Gasteiger partial charge in [0.25, 0.3) is 6.43 Å². The summed E-state index contributed by atoms with van der Waals surface area (Å²) in [6, 6.07) is 0.893. The van der Waals surface area contributed by atoms with E-state index in [0.29, 0.717) is 0 Å². The molecule has 0 aliphatic heterocycles. The summed E-state index contributed by atoms with van der Waals surface area (Å²) in [5.74, 6) is -2.54. The predicted octanol–water partition coefficient (Wildman–Crippen LogP) is 2.64. The number of carbonyl (C=O) groups excluding carboxylic acids is 1. The van der Waals surface area contributed by atoms with Crippen LogP contribution in [0.15, 0.2) is 6.07 Å². The van der Waals surface area contributed by atoms with Gasteiger partial charge in [-0.1, -0.05) is 0 Å². The largest absolute Gasteiger partial charge is 0.573 e. The number of halogens is 5. The molecule has 1 heterocycles. The third-order valence-electron chi connectivity index (χ3n) is 2.25. The zero-order valence-corrected chi connectivity index (χ0v) is 10.8. The molecule has 0 aliphatic rings. The summed E-state index contributed by atoms with van der Waals surface area (Å²) in [7, 11) is 2.09. The highest BCUT2D eigenvalue weighted by Crippen LogP contribution is 2.37. The maximum Gasteiger partial charge on any atom is 0.573 e. The molecule has 0 amide bonds. The summed E-state index contributed by atoms with van der Waals surface area (Å²) >= 11 is 0. The van der Waals surface area contributed by atoms with Crippen molar-refractivity contribution in [2.45, 2.75) is 19.2 Å². The second-order valence-electron chi connectivity index (χ2n) is 3.64. The van der Waals surface area contributed by atoms with Crippen molar-refractivity contribution in [3.63, 3.8) is 0 Å². The molecule has 1 aromatic heterocycles. The lowest BCUT2D eigenvalue weighted by Crippen LogP contribution is -2.21. The average molecular weight is 315 g/mol. The molecule has 1 rings (SSSR count). The van der Waals surface area contributed by atoms with E-state index in [0.717, 1.165) is 20.3 Å². The van der Waals surface area contributed by atoms with Crippen LogP contribution in [0, 0.1) is 0 Å². The summed E-state index contributed by atoms with van der Waals surface area (Å²) in [5, 5.41) is 0. The number of nitrogens with zero attached hydrogens (tertiary/aromatic N) is 1. The Morgan fingerprint density at radius 2 is 1.95 bits per heavy atom. The first-order valence-corrected chi connectivity index (χ1v) is 5.36. The minimum atomic E-state index is -5.22. The number of rotatable bonds is 5. The highest BCUT2D eigenvalue weighted by molar-refractivity contribution is 5.73. The van der Waals surface area contributed by atoms with Crippen LogP contribution in [-0.4, -0.2) is 31.5 Å². The van der Waals surface area contributed by atoms with E-state index >= 15 is 0 Å². The van der Waals surface area contributed by atoms with Gasteiger partial charge in [0.2, 0.25) is 5.88 Å². The minimum Gasteiger partial charge on any atom is -0.481 e. The molecule has 0 radical (unpaired) electrons. The number of alkyl halides is 5. The van der Waals surface area contributed by atoms with E-state index in [1.54, 1.807) is 0 Å². The first-order valence-electron chi connectivity index (χ1n) is 5.36. The Morgan fingerprint density at radius 1 is 1.33 bits per heavy atom. The topological polar surface area (TPSA) is 57.7 Å². The molecule has 0 saturated heterocycles. The molecule has 1 aromatic rings. The molecule has 0 saturated carbocycles. The SMILES string of the molecule is COC(=O)Cc1cc(OC)nc(C(F)F)c1OC(F)(F)F. The van der Waals surface area contributed by atoms with Crippen molar-refractivity contribution in [1.82, 2.24) is 4.98 Å². The Kier molecular flexibility index (Phi) is 5.28. The highest BCUT2D eigenvalue weighted by atomic mass is 19.4. The molecule has 0 bridgehead atoms. The number of carbonyl (C=O) groups is 1. The van der Waals surface area contributed by atoms with Gasteiger partial charge in [-0.25, -0.2) is 13.8 Å². The maximum absolute atomic E-state index is 12.8. The molecule has 21 heavy (non-hydrogen) atoms. The lowest BCUT2D eigenvalue weighted by molar-refractivity contribution is -0.275. The minimum absolute atomic E-state index is 0.376. The van der Waals surface area contributed by atoms with Crippen molar-refractivity contribution in [1.29, 1.82) is 0 Å². The van der Waals surface area contributed by atoms with Crippen LogP contribution < -0.4 is 9.47 Å². The van der Waals surface area contributed by atoms with E-state index < -0.39 is 42.2 Å². The summed E-state index contributed by atoms with van der Waals surface area (Å²) < 4.78 is 75.1. The van der Waals surface area contributed by atoms with Crippen molar-refractivity contribution in [3.05, 3.63) is 17.3 Å². The second-order valence-corrected chi connectivity index (χ2v) is 3.64. The van der Waals surface area contributed by atoms with Crippen molar-refractivity contribution in [2.24, 2.45) is 0 Å². The van der Waals surface area contributed by atoms with Crippen LogP contribution in [0.25, 0.3) is 0 Å². The molecule has 0 atom stereocenters. The fraction of sp³-hybridized carbons (Fsp3) is 0.455. The van der Waals surface area contributed by atoms with Crippen LogP contribution in [0.2, 0.25) is 0 Å². The molecular formula is C11H10F5NO4. The molecule has 10 heteroatoms. The van der Waals surface area contributed by atoms with Crippen LogP contribution >= 0.6 is 0 Å². The smallest absolute Gasteiger partial charge is 0.481 e. The normalized spacial score (nSPS) is 11.4. The van der Waals surface area contributed by atoms with Gasteiger partial charge < -0.3 is 14.2 Å². The van der Waals surface area contributed by atoms with E-state index in [4.69, 9.17) is 0 Å². The van der Waals surface area contributed by atoms with Gasteiger partial charge in [-0.2, -0.15) is 0 Å². The number of esters is 1. The summed E-state index contributed by atoms with van der Waals surface area (Å²) in [6.45, 7) is 0. The lowest BCUT2D eigenvalue weighted by Gasteiger charge is -2.17. The van der Waals surface area contributed by atoms with Gasteiger partial charge >= 0.3 is 12.3 Å². The fourth-order valence-electron chi connectivity index (χ4n) is 1.43. The summed E-state index contributed by atoms with van der Waals surface area (Å²) in [4.78, 5) is 14.4. The number of hydrogen-bond donors (Lipinski definition) is 0. The first kappa shape index (κ1) is 16.9. The molecule has 0 fully saturated rings. The Labute approximate surface area is 115 Å². The average Bonchev–Trinajstić information content (AvgIpc) is 2.38. The van der Waals surface area contributed by atoms with Gasteiger partial charge in [-0.05, 0) is 0 Å². The third kappa shape index (κ3) is 4.72. The van der Waals surface area contributed by atoms with E-state index in [1.807, 2.05) is 0 Å². The van der Waals surface area contributed by atoms with Crippen LogP contribution in [-0.2, 0) is 16.0 Å². The van der Waals surface area contributed by atoms with Crippen LogP contribution in [0.1, 0.15) is 17.7 Å². The number of hydrogen-bond acceptors (Lipinski definition) is 5. The summed E-state index contributed by atoms with van der Waals surface area (Å²) in [6.07, 6.45) is -9.28. The molecule has 0 aromatic carbocycles. The molecule has 118 valence electrons. The van der Waals surface area contributed by atoms with Gasteiger partial charge in [0.15, 0.2) is 11.4 Å². The fourth-order valence-corrected chi connectivity index (χ4v) is 1.43. The van der Waals surface area contributed by atoms with Gasteiger partial charge in [0.1, 0.15) is 0 Å². The van der Waals surface area contributed by atoms with Gasteiger partial charge in [0, 0.05) is 11.6 Å². The maximum atomic E-state index is 12.8. The quantitative estimate of drug-likeness (QED) is 0.617. The van der Waals surface area contributed by atoms with Crippen molar-refractivity contribution in [3.8, 4) is 11.6 Å². The Bertz CT molecular complexity index is 518. The zero-order chi connectivity index (χ0) is 16.2. The lowest BCUT2D eigenvalue weighted by atomic mass is 10.1. The first-order chi connectivity index (χ1) is 9.67. The van der Waals surface area contributed by atoms with Gasteiger partial charge in [-0.15, -0.1) is 13.2 Å². The van der Waals surface area contributed by atoms with Crippen molar-refractivity contribution in [2.75, 3.05) is 14.2 Å². The van der Waals surface area contributed by atoms with Crippen molar-refractivity contribution >= 4 is 5.97 Å². The van der Waals surface area contributed by atoms with E-state index in [1.165, 1.54) is 0 Å². The van der Waals surface area contributed by atoms with Crippen LogP contribution in [0.3, 0.4) is 0 Å². The molecule has 0 spiro atoms. The third-order valence-corrected chi connectivity index (χ3v) is 2.25.